The van der Waals surface area contributed by atoms with Crippen LogP contribution in [0.2, 0.25) is 0 Å². The molecular weight excluding hydrogens is 350 g/mol. The third-order valence-electron chi connectivity index (χ3n) is 4.92. The largest absolute Gasteiger partial charge is 0.507 e. The molecule has 0 saturated heterocycles. The van der Waals surface area contributed by atoms with Gasteiger partial charge in [0.1, 0.15) is 5.76 Å². The molecule has 4 nitrogen and oxygen atoms in total. The first-order valence-electron chi connectivity index (χ1n) is 9.06. The third-order valence-corrected chi connectivity index (χ3v) is 4.92. The number of nitrogens with one attached hydrogen (secondary N) is 1. The standard InChI is InChI=1S/C24H19NO3/c1-15-11-13-17(14-12-15)25-21(16-7-3-2-4-8-16)20-22(26)18-9-5-6-10-19(18)23(27)24(20)28/h2-14,21,25-26H,1H3. The van der Waals surface area contributed by atoms with Crippen LogP contribution < -0.4 is 5.32 Å². The number of carbonyl (C=O) groups excluding carboxylic acids is 2. The molecule has 0 aromatic heterocycles. The maximum Gasteiger partial charge on any atom is 0.235 e. The van der Waals surface area contributed by atoms with E-state index in [0.717, 1.165) is 16.8 Å². The van der Waals surface area contributed by atoms with E-state index < -0.39 is 17.6 Å². The fourth-order valence-electron chi connectivity index (χ4n) is 3.44. The maximum absolute atomic E-state index is 13.0. The Bertz CT molecular complexity index is 1080. The van der Waals surface area contributed by atoms with Gasteiger partial charge in [-0.25, -0.2) is 0 Å². The molecule has 1 aliphatic carbocycles. The average molecular weight is 369 g/mol. The van der Waals surface area contributed by atoms with Crippen LogP contribution in [0.25, 0.3) is 5.76 Å². The summed E-state index contributed by atoms with van der Waals surface area (Å²) < 4.78 is 0. The van der Waals surface area contributed by atoms with Crippen molar-refractivity contribution in [2.45, 2.75) is 13.0 Å². The number of hydrogen-bond donors (Lipinski definition) is 2. The molecule has 3 aromatic carbocycles. The van der Waals surface area contributed by atoms with E-state index in [9.17, 15) is 14.7 Å². The minimum absolute atomic E-state index is 0.0653. The molecule has 0 aliphatic heterocycles. The lowest BCUT2D eigenvalue weighted by molar-refractivity contribution is -0.112. The molecule has 28 heavy (non-hydrogen) atoms. The van der Waals surface area contributed by atoms with E-state index in [1.807, 2.05) is 61.5 Å². The average Bonchev–Trinajstić information content (AvgIpc) is 2.73. The number of fused-ring (bicyclic) bond motifs is 1. The Labute approximate surface area is 163 Å². The lowest BCUT2D eigenvalue weighted by Gasteiger charge is -2.26. The molecule has 4 heteroatoms. The maximum atomic E-state index is 13.0. The molecule has 4 rings (SSSR count). The lowest BCUT2D eigenvalue weighted by atomic mass is 9.83. The molecule has 2 N–H and O–H groups in total. The van der Waals surface area contributed by atoms with E-state index in [0.29, 0.717) is 5.56 Å². The Balaban J connectivity index is 1.87. The number of aryl methyl sites for hydroxylation is 1. The summed E-state index contributed by atoms with van der Waals surface area (Å²) in [5.41, 5.74) is 3.37. The van der Waals surface area contributed by atoms with Gasteiger partial charge in [-0.1, -0.05) is 72.3 Å². The highest BCUT2D eigenvalue weighted by Crippen LogP contribution is 2.36. The highest BCUT2D eigenvalue weighted by atomic mass is 16.3. The van der Waals surface area contributed by atoms with Gasteiger partial charge in [0.25, 0.3) is 0 Å². The van der Waals surface area contributed by atoms with Crippen molar-refractivity contribution in [1.82, 2.24) is 0 Å². The fraction of sp³-hybridized carbons (Fsp3) is 0.0833. The zero-order valence-corrected chi connectivity index (χ0v) is 15.3. The van der Waals surface area contributed by atoms with Crippen LogP contribution in [0.15, 0.2) is 84.4 Å². The monoisotopic (exact) mass is 369 g/mol. The SMILES string of the molecule is Cc1ccc(NC(C2=C(O)c3ccccc3C(=O)C2=O)c2ccccc2)cc1. The van der Waals surface area contributed by atoms with Gasteiger partial charge in [-0.3, -0.25) is 9.59 Å². The second kappa shape index (κ2) is 7.16. The molecule has 1 atom stereocenters. The highest BCUT2D eigenvalue weighted by molar-refractivity contribution is 6.52. The van der Waals surface area contributed by atoms with Crippen LogP contribution in [0, 0.1) is 6.92 Å². The molecule has 1 unspecified atom stereocenters. The highest BCUT2D eigenvalue weighted by Gasteiger charge is 2.37. The quantitative estimate of drug-likeness (QED) is 0.643. The van der Waals surface area contributed by atoms with Crippen LogP contribution >= 0.6 is 0 Å². The van der Waals surface area contributed by atoms with Crippen LogP contribution in [0.4, 0.5) is 5.69 Å². The number of ketones is 2. The Hall–Kier alpha value is -3.66. The normalized spacial score (nSPS) is 14.6. The summed E-state index contributed by atoms with van der Waals surface area (Å²) in [6, 6.07) is 23.0. The first kappa shape index (κ1) is 17.7. The Morgan fingerprint density at radius 3 is 2.04 bits per heavy atom. The number of carbonyl (C=O) groups is 2. The van der Waals surface area contributed by atoms with Crippen LogP contribution in [-0.4, -0.2) is 16.7 Å². The zero-order valence-electron chi connectivity index (χ0n) is 15.3. The van der Waals surface area contributed by atoms with Crippen molar-refractivity contribution in [1.29, 1.82) is 0 Å². The molecule has 0 radical (unpaired) electrons. The summed E-state index contributed by atoms with van der Waals surface area (Å²) in [6.07, 6.45) is 0. The van der Waals surface area contributed by atoms with E-state index in [-0.39, 0.29) is 16.9 Å². The van der Waals surface area contributed by atoms with Gasteiger partial charge >= 0.3 is 0 Å². The first-order valence-corrected chi connectivity index (χ1v) is 9.06. The van der Waals surface area contributed by atoms with E-state index >= 15 is 0 Å². The Morgan fingerprint density at radius 1 is 0.750 bits per heavy atom. The van der Waals surface area contributed by atoms with E-state index in [4.69, 9.17) is 0 Å². The van der Waals surface area contributed by atoms with Crippen molar-refractivity contribution in [3.8, 4) is 0 Å². The lowest BCUT2D eigenvalue weighted by Crippen LogP contribution is -2.30. The predicted molar refractivity (Wildman–Crippen MR) is 109 cm³/mol. The van der Waals surface area contributed by atoms with Crippen LogP contribution in [-0.2, 0) is 4.79 Å². The second-order valence-electron chi connectivity index (χ2n) is 6.82. The smallest absolute Gasteiger partial charge is 0.235 e. The van der Waals surface area contributed by atoms with Crippen molar-refractivity contribution in [2.24, 2.45) is 0 Å². The summed E-state index contributed by atoms with van der Waals surface area (Å²) >= 11 is 0. The Kier molecular flexibility index (Phi) is 4.53. The van der Waals surface area contributed by atoms with E-state index in [1.165, 1.54) is 0 Å². The predicted octanol–water partition coefficient (Wildman–Crippen LogP) is 4.88. The summed E-state index contributed by atoms with van der Waals surface area (Å²) in [6.45, 7) is 1.99. The fourth-order valence-corrected chi connectivity index (χ4v) is 3.44. The first-order chi connectivity index (χ1) is 13.6. The summed E-state index contributed by atoms with van der Waals surface area (Å²) in [4.78, 5) is 25.6. The van der Waals surface area contributed by atoms with Crippen molar-refractivity contribution < 1.29 is 14.7 Å². The number of anilines is 1. The number of Topliss-reactive ketones (excluding diaryl/α,β-unsaturated/α-hetero) is 2. The molecule has 138 valence electrons. The van der Waals surface area contributed by atoms with Crippen molar-refractivity contribution >= 4 is 23.0 Å². The molecule has 3 aromatic rings. The van der Waals surface area contributed by atoms with E-state index in [1.54, 1.807) is 24.3 Å². The number of benzene rings is 3. The number of aliphatic hydroxyl groups excluding tert-OH is 1. The molecule has 0 saturated carbocycles. The topological polar surface area (TPSA) is 66.4 Å². The number of aliphatic hydroxyl groups is 1. The minimum Gasteiger partial charge on any atom is -0.507 e. The van der Waals surface area contributed by atoms with Gasteiger partial charge in [0.15, 0.2) is 0 Å². The second-order valence-corrected chi connectivity index (χ2v) is 6.82. The van der Waals surface area contributed by atoms with Gasteiger partial charge in [-0.05, 0) is 24.6 Å². The van der Waals surface area contributed by atoms with Gasteiger partial charge in [-0.2, -0.15) is 0 Å². The van der Waals surface area contributed by atoms with Crippen LogP contribution in [0.1, 0.15) is 33.1 Å². The third kappa shape index (κ3) is 3.09. The molecule has 0 amide bonds. The molecule has 0 fully saturated rings. The summed E-state index contributed by atoms with van der Waals surface area (Å²) in [5.74, 6) is -1.45. The van der Waals surface area contributed by atoms with Crippen molar-refractivity contribution in [2.75, 3.05) is 5.32 Å². The van der Waals surface area contributed by atoms with Gasteiger partial charge < -0.3 is 10.4 Å². The molecule has 0 spiro atoms. The van der Waals surface area contributed by atoms with Crippen molar-refractivity contribution in [3.05, 3.63) is 107 Å². The van der Waals surface area contributed by atoms with Gasteiger partial charge in [-0.15, -0.1) is 0 Å². The van der Waals surface area contributed by atoms with Crippen molar-refractivity contribution in [3.63, 3.8) is 0 Å². The number of hydrogen-bond acceptors (Lipinski definition) is 4. The molecule has 0 heterocycles. The number of rotatable bonds is 4. The van der Waals surface area contributed by atoms with Gasteiger partial charge in [0.2, 0.25) is 11.6 Å². The van der Waals surface area contributed by atoms with Gasteiger partial charge in [0.05, 0.1) is 11.6 Å². The van der Waals surface area contributed by atoms with Crippen LogP contribution in [0.5, 0.6) is 0 Å². The van der Waals surface area contributed by atoms with Crippen LogP contribution in [0.3, 0.4) is 0 Å². The Morgan fingerprint density at radius 2 is 1.36 bits per heavy atom. The van der Waals surface area contributed by atoms with Gasteiger partial charge in [0, 0.05) is 16.8 Å². The molecule has 1 aliphatic rings. The summed E-state index contributed by atoms with van der Waals surface area (Å²) in [7, 11) is 0. The molecular formula is C24H19NO3. The minimum atomic E-state index is -0.690. The zero-order chi connectivity index (χ0) is 19.7. The summed E-state index contributed by atoms with van der Waals surface area (Å²) in [5, 5.41) is 14.2. The molecule has 0 bridgehead atoms. The van der Waals surface area contributed by atoms with E-state index in [2.05, 4.69) is 5.32 Å².